The number of aromatic nitrogens is 1. The quantitative estimate of drug-likeness (QED) is 0.776. The molecule has 0 radical (unpaired) electrons. The van der Waals surface area contributed by atoms with Crippen LogP contribution in [0.3, 0.4) is 0 Å². The fourth-order valence-corrected chi connectivity index (χ4v) is 1.65. The molecule has 0 atom stereocenters. The second kappa shape index (κ2) is 7.50. The summed E-state index contributed by atoms with van der Waals surface area (Å²) in [6.45, 7) is 1.94. The Morgan fingerprint density at radius 3 is 2.55 bits per heavy atom. The van der Waals surface area contributed by atoms with E-state index in [9.17, 15) is 0 Å². The summed E-state index contributed by atoms with van der Waals surface area (Å²) >= 11 is 0. The summed E-state index contributed by atoms with van der Waals surface area (Å²) in [4.78, 5) is 6.29. The molecule has 20 heavy (non-hydrogen) atoms. The number of hydrogen-bond acceptors (Lipinski definition) is 4. The Morgan fingerprint density at radius 2 is 1.80 bits per heavy atom. The van der Waals surface area contributed by atoms with Crippen molar-refractivity contribution in [2.24, 2.45) is 0 Å². The Kier molecular flexibility index (Phi) is 5.38. The van der Waals surface area contributed by atoms with Crippen LogP contribution >= 0.6 is 0 Å². The number of likely N-dealkylation sites (N-methyl/N-ethyl adjacent to an activating group) is 1. The van der Waals surface area contributed by atoms with Crippen LogP contribution in [0.15, 0.2) is 48.7 Å². The molecule has 0 aliphatic heterocycles. The van der Waals surface area contributed by atoms with Gasteiger partial charge in [-0.1, -0.05) is 30.3 Å². The van der Waals surface area contributed by atoms with Gasteiger partial charge in [-0.25, -0.2) is 4.98 Å². The summed E-state index contributed by atoms with van der Waals surface area (Å²) in [7, 11) is 4.02. The van der Waals surface area contributed by atoms with Crippen molar-refractivity contribution in [1.82, 2.24) is 9.88 Å². The van der Waals surface area contributed by atoms with Crippen LogP contribution in [0.5, 0.6) is 11.6 Å². The van der Waals surface area contributed by atoms with E-state index in [4.69, 9.17) is 9.47 Å². The lowest BCUT2D eigenvalue weighted by Crippen LogP contribution is -2.19. The summed E-state index contributed by atoms with van der Waals surface area (Å²) < 4.78 is 11.4. The minimum absolute atomic E-state index is 0.510. The second-order valence-electron chi connectivity index (χ2n) is 4.73. The van der Waals surface area contributed by atoms with E-state index in [0.717, 1.165) is 12.1 Å². The molecule has 4 nitrogen and oxygen atoms in total. The third kappa shape index (κ3) is 4.55. The van der Waals surface area contributed by atoms with Gasteiger partial charge in [-0.2, -0.15) is 0 Å². The second-order valence-corrected chi connectivity index (χ2v) is 4.73. The van der Waals surface area contributed by atoms with Gasteiger partial charge >= 0.3 is 0 Å². The van der Waals surface area contributed by atoms with Gasteiger partial charge in [0.2, 0.25) is 0 Å². The molecule has 1 aromatic heterocycles. The number of benzene rings is 1. The summed E-state index contributed by atoms with van der Waals surface area (Å²) in [6.07, 6.45) is 1.71. The largest absolute Gasteiger partial charge is 0.483 e. The Morgan fingerprint density at radius 1 is 1.00 bits per heavy atom. The van der Waals surface area contributed by atoms with Crippen molar-refractivity contribution < 1.29 is 9.47 Å². The topological polar surface area (TPSA) is 34.6 Å². The predicted molar refractivity (Wildman–Crippen MR) is 79.1 cm³/mol. The van der Waals surface area contributed by atoms with Crippen molar-refractivity contribution in [3.8, 4) is 11.6 Å². The van der Waals surface area contributed by atoms with Crippen LogP contribution in [-0.2, 0) is 6.61 Å². The maximum absolute atomic E-state index is 5.78. The van der Waals surface area contributed by atoms with Gasteiger partial charge in [-0.05, 0) is 31.8 Å². The summed E-state index contributed by atoms with van der Waals surface area (Å²) in [5.41, 5.74) is 1.12. The first-order valence-corrected chi connectivity index (χ1v) is 6.65. The SMILES string of the molecule is CN(C)CCOc1ncccc1OCc1ccccc1. The van der Waals surface area contributed by atoms with Crippen molar-refractivity contribution in [2.45, 2.75) is 6.61 Å². The molecule has 1 aromatic carbocycles. The molecule has 0 unspecified atom stereocenters. The molecule has 0 spiro atoms. The lowest BCUT2D eigenvalue weighted by Gasteiger charge is -2.13. The van der Waals surface area contributed by atoms with E-state index in [2.05, 4.69) is 9.88 Å². The van der Waals surface area contributed by atoms with Crippen LogP contribution in [0.2, 0.25) is 0 Å². The molecule has 2 aromatic rings. The van der Waals surface area contributed by atoms with Crippen LogP contribution < -0.4 is 9.47 Å². The molecule has 2 rings (SSSR count). The van der Waals surface area contributed by atoms with Gasteiger partial charge in [0.15, 0.2) is 5.75 Å². The zero-order valence-corrected chi connectivity index (χ0v) is 12.0. The van der Waals surface area contributed by atoms with E-state index < -0.39 is 0 Å². The third-order valence-electron chi connectivity index (χ3n) is 2.75. The van der Waals surface area contributed by atoms with Gasteiger partial charge in [-0.15, -0.1) is 0 Å². The molecule has 106 valence electrons. The average Bonchev–Trinajstić information content (AvgIpc) is 2.47. The molecular formula is C16H20N2O2. The number of ether oxygens (including phenoxy) is 2. The van der Waals surface area contributed by atoms with E-state index >= 15 is 0 Å². The van der Waals surface area contributed by atoms with Gasteiger partial charge in [0, 0.05) is 12.7 Å². The summed E-state index contributed by atoms with van der Waals surface area (Å²) in [6, 6.07) is 13.8. The maximum Gasteiger partial charge on any atom is 0.257 e. The molecule has 1 heterocycles. The lowest BCUT2D eigenvalue weighted by molar-refractivity contribution is 0.229. The highest BCUT2D eigenvalue weighted by atomic mass is 16.5. The molecule has 0 fully saturated rings. The minimum atomic E-state index is 0.510. The average molecular weight is 272 g/mol. The van der Waals surface area contributed by atoms with E-state index in [-0.39, 0.29) is 0 Å². The monoisotopic (exact) mass is 272 g/mol. The Labute approximate surface area is 120 Å². The predicted octanol–water partition coefficient (Wildman–Crippen LogP) is 2.60. The van der Waals surface area contributed by atoms with Crippen LogP contribution in [-0.4, -0.2) is 37.1 Å². The highest BCUT2D eigenvalue weighted by molar-refractivity contribution is 5.32. The van der Waals surface area contributed by atoms with Crippen LogP contribution in [0.25, 0.3) is 0 Å². The number of hydrogen-bond donors (Lipinski definition) is 0. The Hall–Kier alpha value is -2.07. The van der Waals surface area contributed by atoms with Crippen molar-refractivity contribution in [2.75, 3.05) is 27.2 Å². The Balaban J connectivity index is 1.93. The molecule has 0 aliphatic rings. The van der Waals surface area contributed by atoms with Crippen molar-refractivity contribution in [3.63, 3.8) is 0 Å². The number of pyridine rings is 1. The van der Waals surface area contributed by atoms with E-state index in [0.29, 0.717) is 24.8 Å². The highest BCUT2D eigenvalue weighted by Gasteiger charge is 2.06. The van der Waals surface area contributed by atoms with Gasteiger partial charge < -0.3 is 14.4 Å². The van der Waals surface area contributed by atoms with Crippen LogP contribution in [0.4, 0.5) is 0 Å². The first-order chi connectivity index (χ1) is 9.75. The normalized spacial score (nSPS) is 10.6. The van der Waals surface area contributed by atoms with Crippen molar-refractivity contribution >= 4 is 0 Å². The first-order valence-electron chi connectivity index (χ1n) is 6.65. The summed E-state index contributed by atoms with van der Waals surface area (Å²) in [5, 5.41) is 0. The zero-order chi connectivity index (χ0) is 14.2. The zero-order valence-electron chi connectivity index (χ0n) is 12.0. The molecule has 0 saturated heterocycles. The molecular weight excluding hydrogens is 252 g/mol. The van der Waals surface area contributed by atoms with Crippen LogP contribution in [0.1, 0.15) is 5.56 Å². The number of rotatable bonds is 7. The molecule has 4 heteroatoms. The highest BCUT2D eigenvalue weighted by Crippen LogP contribution is 2.24. The molecule has 0 saturated carbocycles. The lowest BCUT2D eigenvalue weighted by atomic mass is 10.2. The smallest absolute Gasteiger partial charge is 0.257 e. The van der Waals surface area contributed by atoms with E-state index in [1.54, 1.807) is 6.20 Å². The van der Waals surface area contributed by atoms with E-state index in [1.807, 2.05) is 56.6 Å². The fraction of sp³-hybridized carbons (Fsp3) is 0.312. The van der Waals surface area contributed by atoms with Gasteiger partial charge in [0.1, 0.15) is 13.2 Å². The van der Waals surface area contributed by atoms with Crippen LogP contribution in [0, 0.1) is 0 Å². The van der Waals surface area contributed by atoms with E-state index in [1.165, 1.54) is 0 Å². The molecule has 0 amide bonds. The van der Waals surface area contributed by atoms with Gasteiger partial charge in [0.25, 0.3) is 5.88 Å². The first kappa shape index (κ1) is 14.3. The maximum atomic E-state index is 5.78. The van der Waals surface area contributed by atoms with Crippen molar-refractivity contribution in [1.29, 1.82) is 0 Å². The molecule has 0 bridgehead atoms. The van der Waals surface area contributed by atoms with Gasteiger partial charge in [-0.3, -0.25) is 0 Å². The number of nitrogens with zero attached hydrogens (tertiary/aromatic N) is 2. The third-order valence-corrected chi connectivity index (χ3v) is 2.75. The molecule has 0 aliphatic carbocycles. The summed E-state index contributed by atoms with van der Waals surface area (Å²) in [5.74, 6) is 1.22. The van der Waals surface area contributed by atoms with Crippen molar-refractivity contribution in [3.05, 3.63) is 54.2 Å². The minimum Gasteiger partial charge on any atom is -0.483 e. The van der Waals surface area contributed by atoms with Gasteiger partial charge in [0.05, 0.1) is 0 Å². The fourth-order valence-electron chi connectivity index (χ4n) is 1.65. The molecule has 0 N–H and O–H groups in total. The standard InChI is InChI=1S/C16H20N2O2/c1-18(2)11-12-19-16-15(9-6-10-17-16)20-13-14-7-4-3-5-8-14/h3-10H,11-13H2,1-2H3. The Bertz CT molecular complexity index is 515.